The number of benzene rings is 1. The van der Waals surface area contributed by atoms with Crippen molar-refractivity contribution in [1.82, 2.24) is 0 Å². The zero-order valence-electron chi connectivity index (χ0n) is 11.8. The molecule has 1 aromatic rings. The summed E-state index contributed by atoms with van der Waals surface area (Å²) in [6.45, 7) is 5.01. The van der Waals surface area contributed by atoms with Gasteiger partial charge in [-0.15, -0.1) is 0 Å². The van der Waals surface area contributed by atoms with Crippen molar-refractivity contribution in [3.05, 3.63) is 27.2 Å². The van der Waals surface area contributed by atoms with Crippen LogP contribution >= 0.6 is 50.7 Å². The Balaban J connectivity index is 2.84. The second kappa shape index (κ2) is 8.73. The SMILES string of the molecule is CCCC(CBr)(CCC)COc1cc(Cl)c(Cl)cc1Cl. The first-order valence-corrected chi connectivity index (χ1v) is 9.07. The third-order valence-corrected chi connectivity index (χ3v) is 5.56. The molecule has 1 nitrogen and oxygen atoms in total. The minimum atomic E-state index is 0.138. The van der Waals surface area contributed by atoms with Crippen LogP contribution in [0.25, 0.3) is 0 Å². The van der Waals surface area contributed by atoms with E-state index in [9.17, 15) is 0 Å². The van der Waals surface area contributed by atoms with E-state index in [4.69, 9.17) is 39.5 Å². The van der Waals surface area contributed by atoms with E-state index in [0.717, 1.165) is 31.0 Å². The number of halogens is 4. The van der Waals surface area contributed by atoms with Gasteiger partial charge in [0, 0.05) is 16.8 Å². The van der Waals surface area contributed by atoms with Crippen LogP contribution in [0.15, 0.2) is 12.1 Å². The van der Waals surface area contributed by atoms with E-state index in [1.807, 2.05) is 0 Å². The molecule has 0 heterocycles. The molecule has 1 aromatic carbocycles. The third kappa shape index (κ3) is 4.98. The van der Waals surface area contributed by atoms with Crippen molar-refractivity contribution in [3.8, 4) is 5.75 Å². The van der Waals surface area contributed by atoms with Crippen molar-refractivity contribution in [2.24, 2.45) is 5.41 Å². The Morgan fingerprint density at radius 3 is 2.05 bits per heavy atom. The standard InChI is InChI=1S/C15H20BrCl3O/c1-3-5-15(9-16,6-4-2)10-20-14-8-12(18)11(17)7-13(14)19/h7-8H,3-6,9-10H2,1-2H3. The Morgan fingerprint density at radius 2 is 1.55 bits per heavy atom. The van der Waals surface area contributed by atoms with Crippen molar-refractivity contribution in [2.75, 3.05) is 11.9 Å². The number of hydrogen-bond donors (Lipinski definition) is 0. The van der Waals surface area contributed by atoms with Gasteiger partial charge in [-0.25, -0.2) is 0 Å². The Morgan fingerprint density at radius 1 is 1.00 bits per heavy atom. The molecule has 0 unspecified atom stereocenters. The third-order valence-electron chi connectivity index (χ3n) is 3.35. The summed E-state index contributed by atoms with van der Waals surface area (Å²) < 4.78 is 5.93. The van der Waals surface area contributed by atoms with Crippen LogP contribution in [0.5, 0.6) is 5.75 Å². The highest BCUT2D eigenvalue weighted by Gasteiger charge is 2.28. The number of hydrogen-bond acceptors (Lipinski definition) is 1. The summed E-state index contributed by atoms with van der Waals surface area (Å²) in [6, 6.07) is 3.30. The zero-order chi connectivity index (χ0) is 15.2. The van der Waals surface area contributed by atoms with Crippen LogP contribution in [0.1, 0.15) is 39.5 Å². The Kier molecular flexibility index (Phi) is 8.04. The van der Waals surface area contributed by atoms with Crippen molar-refractivity contribution >= 4 is 50.7 Å². The van der Waals surface area contributed by atoms with Crippen LogP contribution in [0.3, 0.4) is 0 Å². The largest absolute Gasteiger partial charge is 0.491 e. The van der Waals surface area contributed by atoms with Gasteiger partial charge < -0.3 is 4.74 Å². The molecule has 114 valence electrons. The van der Waals surface area contributed by atoms with Gasteiger partial charge in [0.25, 0.3) is 0 Å². The smallest absolute Gasteiger partial charge is 0.139 e. The van der Waals surface area contributed by atoms with Gasteiger partial charge in [0.2, 0.25) is 0 Å². The summed E-state index contributed by atoms with van der Waals surface area (Å²) in [5, 5.41) is 2.32. The maximum Gasteiger partial charge on any atom is 0.139 e. The number of ether oxygens (including phenoxy) is 1. The molecule has 1 rings (SSSR count). The molecule has 0 fully saturated rings. The minimum Gasteiger partial charge on any atom is -0.491 e. The van der Waals surface area contributed by atoms with Crippen LogP contribution in [-0.4, -0.2) is 11.9 Å². The first kappa shape index (κ1) is 18.4. The highest BCUT2D eigenvalue weighted by atomic mass is 79.9. The lowest BCUT2D eigenvalue weighted by atomic mass is 9.82. The normalized spacial score (nSPS) is 11.7. The van der Waals surface area contributed by atoms with Gasteiger partial charge in [0.1, 0.15) is 5.75 Å². The molecule has 0 aliphatic heterocycles. The van der Waals surface area contributed by atoms with Crippen LogP contribution < -0.4 is 4.74 Å². The summed E-state index contributed by atoms with van der Waals surface area (Å²) in [6.07, 6.45) is 4.49. The van der Waals surface area contributed by atoms with E-state index in [0.29, 0.717) is 27.4 Å². The van der Waals surface area contributed by atoms with E-state index < -0.39 is 0 Å². The maximum atomic E-state index is 6.15. The van der Waals surface area contributed by atoms with Gasteiger partial charge in [0.05, 0.1) is 21.7 Å². The van der Waals surface area contributed by atoms with Gasteiger partial charge in [-0.2, -0.15) is 0 Å². The van der Waals surface area contributed by atoms with Gasteiger partial charge in [-0.3, -0.25) is 0 Å². The molecule has 0 spiro atoms. The maximum absolute atomic E-state index is 6.15. The van der Waals surface area contributed by atoms with E-state index in [1.54, 1.807) is 12.1 Å². The molecule has 0 saturated carbocycles. The Bertz CT molecular complexity index is 431. The van der Waals surface area contributed by atoms with E-state index in [-0.39, 0.29) is 5.41 Å². The summed E-state index contributed by atoms with van der Waals surface area (Å²) >= 11 is 21.7. The van der Waals surface area contributed by atoms with E-state index in [2.05, 4.69) is 29.8 Å². The molecule has 0 saturated heterocycles. The monoisotopic (exact) mass is 400 g/mol. The summed E-state index contributed by atoms with van der Waals surface area (Å²) in [7, 11) is 0. The van der Waals surface area contributed by atoms with Crippen molar-refractivity contribution in [1.29, 1.82) is 0 Å². The Labute approximate surface area is 145 Å². The lowest BCUT2D eigenvalue weighted by Crippen LogP contribution is -2.30. The quantitative estimate of drug-likeness (QED) is 0.336. The molecule has 5 heteroatoms. The van der Waals surface area contributed by atoms with Gasteiger partial charge >= 0.3 is 0 Å². The molecule has 0 aliphatic carbocycles. The second-order valence-electron chi connectivity index (χ2n) is 5.12. The highest BCUT2D eigenvalue weighted by molar-refractivity contribution is 9.09. The van der Waals surface area contributed by atoms with Crippen LogP contribution in [0, 0.1) is 5.41 Å². The predicted octanol–water partition coefficient (Wildman–Crippen LogP) is 7.01. The Hall–Kier alpha value is 0.370. The minimum absolute atomic E-state index is 0.138. The highest BCUT2D eigenvalue weighted by Crippen LogP contribution is 2.37. The van der Waals surface area contributed by atoms with Gasteiger partial charge in [-0.05, 0) is 18.9 Å². The zero-order valence-corrected chi connectivity index (χ0v) is 15.7. The first-order valence-electron chi connectivity index (χ1n) is 6.81. The first-order chi connectivity index (χ1) is 9.48. The molecular formula is C15H20BrCl3O. The molecule has 0 bridgehead atoms. The average Bonchev–Trinajstić information content (AvgIpc) is 2.41. The summed E-state index contributed by atoms with van der Waals surface area (Å²) in [5.74, 6) is 0.596. The van der Waals surface area contributed by atoms with Gasteiger partial charge in [-0.1, -0.05) is 77.4 Å². The van der Waals surface area contributed by atoms with Crippen LogP contribution in [0.4, 0.5) is 0 Å². The fraction of sp³-hybridized carbons (Fsp3) is 0.600. The van der Waals surface area contributed by atoms with E-state index in [1.165, 1.54) is 0 Å². The lowest BCUT2D eigenvalue weighted by molar-refractivity contribution is 0.144. The van der Waals surface area contributed by atoms with Crippen LogP contribution in [0.2, 0.25) is 15.1 Å². The molecule has 20 heavy (non-hydrogen) atoms. The van der Waals surface area contributed by atoms with Crippen molar-refractivity contribution in [3.63, 3.8) is 0 Å². The summed E-state index contributed by atoms with van der Waals surface area (Å²) in [5.41, 5.74) is 0.138. The average molecular weight is 403 g/mol. The molecule has 0 amide bonds. The van der Waals surface area contributed by atoms with Crippen molar-refractivity contribution in [2.45, 2.75) is 39.5 Å². The van der Waals surface area contributed by atoms with E-state index >= 15 is 0 Å². The topological polar surface area (TPSA) is 9.23 Å². The second-order valence-corrected chi connectivity index (χ2v) is 6.90. The van der Waals surface area contributed by atoms with Crippen LogP contribution in [-0.2, 0) is 0 Å². The lowest BCUT2D eigenvalue weighted by Gasteiger charge is -2.31. The fourth-order valence-electron chi connectivity index (χ4n) is 2.35. The van der Waals surface area contributed by atoms with Crippen molar-refractivity contribution < 1.29 is 4.74 Å². The summed E-state index contributed by atoms with van der Waals surface area (Å²) in [4.78, 5) is 0. The number of alkyl halides is 1. The van der Waals surface area contributed by atoms with Gasteiger partial charge in [0.15, 0.2) is 0 Å². The molecule has 0 aromatic heterocycles. The molecule has 0 N–H and O–H groups in total. The molecule has 0 atom stereocenters. The predicted molar refractivity (Wildman–Crippen MR) is 93.0 cm³/mol. The fourth-order valence-corrected chi connectivity index (χ4v) is 3.66. The number of rotatable bonds is 8. The molecule has 0 aliphatic rings. The molecular weight excluding hydrogens is 382 g/mol. The molecule has 0 radical (unpaired) electrons.